The molecule has 33 heavy (non-hydrogen) atoms. The number of anilines is 2. The largest absolute Gasteiger partial charge is 0.497 e. The van der Waals surface area contributed by atoms with Gasteiger partial charge in [0.15, 0.2) is 0 Å². The molecule has 0 radical (unpaired) electrons. The Morgan fingerprint density at radius 2 is 1.64 bits per heavy atom. The molecular weight excluding hydrogens is 440 g/mol. The van der Waals surface area contributed by atoms with E-state index < -0.39 is 5.25 Å². The molecule has 3 amide bonds. The zero-order valence-electron chi connectivity index (χ0n) is 18.1. The van der Waals surface area contributed by atoms with E-state index in [2.05, 4.69) is 5.32 Å². The third-order valence-corrected chi connectivity index (χ3v) is 6.36. The number of methoxy groups -OCH3 is 2. The number of ether oxygens (including phenoxy) is 2. The topological polar surface area (TPSA) is 84.9 Å². The lowest BCUT2D eigenvalue weighted by Gasteiger charge is -2.15. The Morgan fingerprint density at radius 1 is 0.939 bits per heavy atom. The second-order valence-electron chi connectivity index (χ2n) is 7.29. The molecule has 1 fully saturated rings. The highest BCUT2D eigenvalue weighted by Crippen LogP contribution is 2.35. The summed E-state index contributed by atoms with van der Waals surface area (Å²) < 4.78 is 10.3. The van der Waals surface area contributed by atoms with E-state index in [1.54, 1.807) is 74.9 Å². The lowest BCUT2D eigenvalue weighted by atomic mass is 10.2. The van der Waals surface area contributed by atoms with Crippen LogP contribution in [0.15, 0.2) is 77.7 Å². The van der Waals surface area contributed by atoms with Crippen LogP contribution in [0.2, 0.25) is 0 Å². The number of imide groups is 1. The first-order valence-corrected chi connectivity index (χ1v) is 11.1. The van der Waals surface area contributed by atoms with Gasteiger partial charge in [0, 0.05) is 22.6 Å². The molecule has 4 rings (SSSR count). The molecule has 1 saturated heterocycles. The van der Waals surface area contributed by atoms with Gasteiger partial charge in [-0.2, -0.15) is 0 Å². The number of carbonyl (C=O) groups is 3. The fourth-order valence-corrected chi connectivity index (χ4v) is 4.50. The van der Waals surface area contributed by atoms with Crippen LogP contribution in [0.25, 0.3) is 0 Å². The van der Waals surface area contributed by atoms with E-state index in [9.17, 15) is 14.4 Å². The van der Waals surface area contributed by atoms with Gasteiger partial charge in [-0.15, -0.1) is 11.8 Å². The van der Waals surface area contributed by atoms with E-state index in [-0.39, 0.29) is 24.1 Å². The molecule has 3 aromatic carbocycles. The summed E-state index contributed by atoms with van der Waals surface area (Å²) in [5.74, 6) is 0.535. The van der Waals surface area contributed by atoms with Gasteiger partial charge in [-0.25, -0.2) is 4.90 Å². The summed E-state index contributed by atoms with van der Waals surface area (Å²) in [6, 6.07) is 20.9. The molecule has 1 N–H and O–H groups in total. The maximum absolute atomic E-state index is 12.9. The number of carbonyl (C=O) groups excluding carboxylic acids is 3. The molecular formula is C25H22N2O5S. The molecule has 8 heteroatoms. The van der Waals surface area contributed by atoms with Crippen LogP contribution in [-0.2, 0) is 9.59 Å². The molecule has 1 unspecified atom stereocenters. The minimum absolute atomic E-state index is 0.129. The first kappa shape index (κ1) is 22.4. The van der Waals surface area contributed by atoms with Crippen molar-refractivity contribution in [3.05, 3.63) is 78.4 Å². The van der Waals surface area contributed by atoms with Crippen molar-refractivity contribution in [1.82, 2.24) is 0 Å². The monoisotopic (exact) mass is 462 g/mol. The SMILES string of the molecule is COc1ccc(N2C(=O)CC(Sc3ccc(NC(=O)c4cccc(OC)c4)cc3)C2=O)cc1. The number of nitrogens with one attached hydrogen (secondary N) is 1. The van der Waals surface area contributed by atoms with Gasteiger partial charge in [-0.1, -0.05) is 6.07 Å². The maximum Gasteiger partial charge on any atom is 0.255 e. The summed E-state index contributed by atoms with van der Waals surface area (Å²) in [6.45, 7) is 0. The maximum atomic E-state index is 12.9. The van der Waals surface area contributed by atoms with Gasteiger partial charge in [0.05, 0.1) is 25.2 Å². The Balaban J connectivity index is 1.39. The number of nitrogens with zero attached hydrogens (tertiary/aromatic N) is 1. The summed E-state index contributed by atoms with van der Waals surface area (Å²) in [5.41, 5.74) is 1.65. The highest BCUT2D eigenvalue weighted by atomic mass is 32.2. The van der Waals surface area contributed by atoms with E-state index in [0.717, 1.165) is 4.90 Å². The van der Waals surface area contributed by atoms with Gasteiger partial charge in [0.25, 0.3) is 5.91 Å². The predicted octanol–water partition coefficient (Wildman–Crippen LogP) is 4.38. The van der Waals surface area contributed by atoms with Crippen molar-refractivity contribution in [2.45, 2.75) is 16.6 Å². The molecule has 168 valence electrons. The Labute approximate surface area is 195 Å². The molecule has 0 spiro atoms. The number of hydrogen-bond donors (Lipinski definition) is 1. The van der Waals surface area contributed by atoms with Crippen molar-refractivity contribution >= 4 is 40.9 Å². The second kappa shape index (κ2) is 9.79. The highest BCUT2D eigenvalue weighted by Gasteiger charge is 2.40. The summed E-state index contributed by atoms with van der Waals surface area (Å²) in [7, 11) is 3.11. The Hall–Kier alpha value is -3.78. The van der Waals surface area contributed by atoms with Crippen molar-refractivity contribution in [3.63, 3.8) is 0 Å². The van der Waals surface area contributed by atoms with Crippen LogP contribution in [0.4, 0.5) is 11.4 Å². The summed E-state index contributed by atoms with van der Waals surface area (Å²) in [6.07, 6.45) is 0.129. The van der Waals surface area contributed by atoms with Crippen LogP contribution in [-0.4, -0.2) is 37.2 Å². The Morgan fingerprint density at radius 3 is 2.30 bits per heavy atom. The van der Waals surface area contributed by atoms with Crippen molar-refractivity contribution in [1.29, 1.82) is 0 Å². The molecule has 3 aromatic rings. The highest BCUT2D eigenvalue weighted by molar-refractivity contribution is 8.00. The second-order valence-corrected chi connectivity index (χ2v) is 8.56. The zero-order chi connectivity index (χ0) is 23.4. The minimum Gasteiger partial charge on any atom is -0.497 e. The molecule has 1 atom stereocenters. The van der Waals surface area contributed by atoms with E-state index in [1.807, 2.05) is 12.1 Å². The fraction of sp³-hybridized carbons (Fsp3) is 0.160. The van der Waals surface area contributed by atoms with E-state index in [4.69, 9.17) is 9.47 Å². The van der Waals surface area contributed by atoms with E-state index in [0.29, 0.717) is 28.4 Å². The normalized spacial score (nSPS) is 15.5. The molecule has 7 nitrogen and oxygen atoms in total. The van der Waals surface area contributed by atoms with Crippen LogP contribution in [0.1, 0.15) is 16.8 Å². The lowest BCUT2D eigenvalue weighted by molar-refractivity contribution is -0.121. The van der Waals surface area contributed by atoms with Gasteiger partial charge >= 0.3 is 0 Å². The number of benzene rings is 3. The molecule has 0 aliphatic carbocycles. The van der Waals surface area contributed by atoms with Crippen LogP contribution in [0.5, 0.6) is 11.5 Å². The predicted molar refractivity (Wildman–Crippen MR) is 127 cm³/mol. The minimum atomic E-state index is -0.503. The van der Waals surface area contributed by atoms with Gasteiger partial charge in [-0.3, -0.25) is 14.4 Å². The molecule has 1 aliphatic heterocycles. The standard InChI is InChI=1S/C25H22N2O5S/c1-31-19-10-8-18(9-11-19)27-23(28)15-22(25(27)30)33-21-12-6-17(7-13-21)26-24(29)16-4-3-5-20(14-16)32-2/h3-14,22H,15H2,1-2H3,(H,26,29). The molecule has 0 bridgehead atoms. The Bertz CT molecular complexity index is 1180. The number of hydrogen-bond acceptors (Lipinski definition) is 6. The quantitative estimate of drug-likeness (QED) is 0.525. The van der Waals surface area contributed by atoms with Gasteiger partial charge in [0.1, 0.15) is 11.5 Å². The Kier molecular flexibility index (Phi) is 6.65. The summed E-state index contributed by atoms with van der Waals surface area (Å²) in [5, 5.41) is 2.34. The number of amides is 3. The van der Waals surface area contributed by atoms with Crippen molar-refractivity contribution in [3.8, 4) is 11.5 Å². The summed E-state index contributed by atoms with van der Waals surface area (Å²) >= 11 is 1.33. The van der Waals surface area contributed by atoms with Crippen LogP contribution < -0.4 is 19.7 Å². The van der Waals surface area contributed by atoms with Crippen LogP contribution in [0, 0.1) is 0 Å². The fourth-order valence-electron chi connectivity index (χ4n) is 3.45. The first-order valence-electron chi connectivity index (χ1n) is 10.2. The third-order valence-electron chi connectivity index (χ3n) is 5.16. The zero-order valence-corrected chi connectivity index (χ0v) is 18.9. The van der Waals surface area contributed by atoms with Gasteiger partial charge in [0.2, 0.25) is 11.8 Å². The van der Waals surface area contributed by atoms with E-state index in [1.165, 1.54) is 16.7 Å². The van der Waals surface area contributed by atoms with Gasteiger partial charge in [-0.05, 0) is 66.7 Å². The molecule has 0 aromatic heterocycles. The van der Waals surface area contributed by atoms with Gasteiger partial charge < -0.3 is 14.8 Å². The first-order chi connectivity index (χ1) is 16.0. The smallest absolute Gasteiger partial charge is 0.255 e. The molecule has 1 aliphatic rings. The lowest BCUT2D eigenvalue weighted by Crippen LogP contribution is -2.31. The average Bonchev–Trinajstić information content (AvgIpc) is 3.12. The van der Waals surface area contributed by atoms with Crippen molar-refractivity contribution < 1.29 is 23.9 Å². The number of rotatable bonds is 7. The van der Waals surface area contributed by atoms with E-state index >= 15 is 0 Å². The molecule has 0 saturated carbocycles. The van der Waals surface area contributed by atoms with Crippen LogP contribution in [0.3, 0.4) is 0 Å². The number of thioether (sulfide) groups is 1. The van der Waals surface area contributed by atoms with Crippen molar-refractivity contribution in [2.24, 2.45) is 0 Å². The molecule has 1 heterocycles. The third kappa shape index (κ3) is 5.01. The van der Waals surface area contributed by atoms with Crippen molar-refractivity contribution in [2.75, 3.05) is 24.4 Å². The average molecular weight is 463 g/mol. The van der Waals surface area contributed by atoms with Crippen LogP contribution >= 0.6 is 11.8 Å². The summed E-state index contributed by atoms with van der Waals surface area (Å²) in [4.78, 5) is 39.9.